The third-order valence-corrected chi connectivity index (χ3v) is 2.61. The maximum atomic E-state index is 5.26. The van der Waals surface area contributed by atoms with Crippen molar-refractivity contribution in [3.8, 4) is 0 Å². The van der Waals surface area contributed by atoms with Crippen molar-refractivity contribution in [2.24, 2.45) is 5.92 Å². The van der Waals surface area contributed by atoms with Crippen molar-refractivity contribution in [3.05, 3.63) is 12.3 Å². The Morgan fingerprint density at radius 2 is 1.50 bits per heavy atom. The molecular formula is C15H31BNO. The van der Waals surface area contributed by atoms with Gasteiger partial charge < -0.3 is 9.64 Å². The van der Waals surface area contributed by atoms with Gasteiger partial charge in [0.25, 0.3) is 0 Å². The van der Waals surface area contributed by atoms with Crippen LogP contribution in [0.25, 0.3) is 0 Å². The van der Waals surface area contributed by atoms with E-state index in [1.807, 2.05) is 13.8 Å². The molecule has 1 saturated heterocycles. The van der Waals surface area contributed by atoms with Gasteiger partial charge in [0, 0.05) is 14.5 Å². The van der Waals surface area contributed by atoms with Gasteiger partial charge >= 0.3 is 0 Å². The summed E-state index contributed by atoms with van der Waals surface area (Å²) in [7, 11) is 0. The summed E-state index contributed by atoms with van der Waals surface area (Å²) in [5, 5.41) is 0. The maximum Gasteiger partial charge on any atom is 0.0899 e. The molecule has 3 radical (unpaired) electrons. The number of hydrogen-bond donors (Lipinski definition) is 0. The number of nitrogens with zero attached hydrogens (tertiary/aromatic N) is 1. The highest BCUT2D eigenvalue weighted by atomic mass is 16.5. The van der Waals surface area contributed by atoms with Crippen LogP contribution in [0.15, 0.2) is 12.3 Å². The second-order valence-corrected chi connectivity index (χ2v) is 5.54. The Kier molecular flexibility index (Phi) is 10.5. The molecule has 0 N–H and O–H groups in total. The van der Waals surface area contributed by atoms with Gasteiger partial charge in [0.05, 0.1) is 18.8 Å². The van der Waals surface area contributed by atoms with Crippen molar-refractivity contribution in [1.29, 1.82) is 0 Å². The van der Waals surface area contributed by atoms with Gasteiger partial charge in [0.1, 0.15) is 0 Å². The summed E-state index contributed by atoms with van der Waals surface area (Å²) in [5.41, 5.74) is 0.355. The standard InChI is InChI=1S/C9H15NO.C4H10.C2H6.B/c1-8(2)10-5-3-4-9(10)6-11-7-9;1-4(2)3;1-2;/h3,5,8H,4,6-7H2,1-2H3;4H,1-3H3;1-2H3;. The summed E-state index contributed by atoms with van der Waals surface area (Å²) in [6.07, 6.45) is 5.64. The van der Waals surface area contributed by atoms with Gasteiger partial charge in [0.2, 0.25) is 0 Å². The van der Waals surface area contributed by atoms with Crippen LogP contribution in [-0.2, 0) is 4.74 Å². The lowest BCUT2D eigenvalue weighted by molar-refractivity contribution is -0.123. The molecule has 0 amide bonds. The zero-order valence-electron chi connectivity index (χ0n) is 13.4. The summed E-state index contributed by atoms with van der Waals surface area (Å²) < 4.78 is 5.26. The van der Waals surface area contributed by atoms with Crippen molar-refractivity contribution < 1.29 is 4.74 Å². The summed E-state index contributed by atoms with van der Waals surface area (Å²) in [5.74, 6) is 0.833. The van der Waals surface area contributed by atoms with E-state index in [4.69, 9.17) is 4.74 Å². The second kappa shape index (κ2) is 9.49. The number of hydrogen-bond acceptors (Lipinski definition) is 2. The highest BCUT2D eigenvalue weighted by molar-refractivity contribution is 5.75. The minimum absolute atomic E-state index is 0. The first-order valence-corrected chi connectivity index (χ1v) is 7.01. The van der Waals surface area contributed by atoms with Crippen molar-refractivity contribution in [2.75, 3.05) is 13.2 Å². The molecule has 0 aliphatic carbocycles. The first-order valence-electron chi connectivity index (χ1n) is 7.01. The third kappa shape index (κ3) is 5.47. The van der Waals surface area contributed by atoms with E-state index < -0.39 is 0 Å². The fraction of sp³-hybridized carbons (Fsp3) is 0.867. The molecule has 0 saturated carbocycles. The van der Waals surface area contributed by atoms with E-state index in [2.05, 4.69) is 51.8 Å². The average molecular weight is 252 g/mol. The van der Waals surface area contributed by atoms with Gasteiger partial charge in [-0.2, -0.15) is 0 Å². The molecule has 2 rings (SSSR count). The summed E-state index contributed by atoms with van der Waals surface area (Å²) >= 11 is 0. The lowest BCUT2D eigenvalue weighted by atomic mass is 9.93. The van der Waals surface area contributed by atoms with E-state index in [0.717, 1.165) is 19.1 Å². The SMILES string of the molecule is CC.CC(C)C.CC(C)N1C=CCC12COC2.[B]. The van der Waals surface area contributed by atoms with E-state index >= 15 is 0 Å². The normalized spacial score (nSPS) is 18.6. The van der Waals surface area contributed by atoms with Gasteiger partial charge in [-0.05, 0) is 32.4 Å². The molecule has 2 heterocycles. The Morgan fingerprint density at radius 1 is 1.06 bits per heavy atom. The molecular weight excluding hydrogens is 221 g/mol. The van der Waals surface area contributed by atoms with Crippen molar-refractivity contribution in [1.82, 2.24) is 4.90 Å². The molecule has 2 aliphatic rings. The quantitative estimate of drug-likeness (QED) is 0.660. The van der Waals surface area contributed by atoms with Crippen LogP contribution in [0.4, 0.5) is 0 Å². The largest absolute Gasteiger partial charge is 0.376 e. The predicted octanol–water partition coefficient (Wildman–Crippen LogP) is 3.69. The zero-order chi connectivity index (χ0) is 13.5. The predicted molar refractivity (Wildman–Crippen MR) is 81.9 cm³/mol. The first kappa shape index (κ1) is 19.9. The molecule has 0 atom stereocenters. The van der Waals surface area contributed by atoms with Gasteiger partial charge in [-0.1, -0.05) is 40.7 Å². The van der Waals surface area contributed by atoms with E-state index in [9.17, 15) is 0 Å². The Labute approximate surface area is 116 Å². The van der Waals surface area contributed by atoms with Gasteiger partial charge in [0.15, 0.2) is 0 Å². The average Bonchev–Trinajstić information content (AvgIpc) is 2.63. The smallest absolute Gasteiger partial charge is 0.0899 e. The zero-order valence-corrected chi connectivity index (χ0v) is 13.4. The molecule has 1 spiro atoms. The minimum Gasteiger partial charge on any atom is -0.376 e. The molecule has 2 aliphatic heterocycles. The van der Waals surface area contributed by atoms with Crippen LogP contribution in [0, 0.1) is 5.92 Å². The highest BCUT2D eigenvalue weighted by Crippen LogP contribution is 2.35. The number of rotatable bonds is 1. The molecule has 2 nitrogen and oxygen atoms in total. The molecule has 3 heteroatoms. The monoisotopic (exact) mass is 252 g/mol. The minimum atomic E-state index is 0. The second-order valence-electron chi connectivity index (χ2n) is 5.54. The Balaban J connectivity index is 0. The Bertz CT molecular complexity index is 220. The first-order chi connectivity index (χ1) is 7.98. The van der Waals surface area contributed by atoms with Crippen LogP contribution in [0.3, 0.4) is 0 Å². The highest BCUT2D eigenvalue weighted by Gasteiger charge is 2.45. The molecule has 0 aromatic carbocycles. The van der Waals surface area contributed by atoms with E-state index in [1.54, 1.807) is 0 Å². The Morgan fingerprint density at radius 3 is 1.72 bits per heavy atom. The molecule has 0 unspecified atom stereocenters. The van der Waals surface area contributed by atoms with Crippen LogP contribution >= 0.6 is 0 Å². The maximum absolute atomic E-state index is 5.26. The topological polar surface area (TPSA) is 12.5 Å². The summed E-state index contributed by atoms with van der Waals surface area (Å²) in [4.78, 5) is 2.43. The van der Waals surface area contributed by atoms with Gasteiger partial charge in [-0.15, -0.1) is 0 Å². The molecule has 18 heavy (non-hydrogen) atoms. The third-order valence-electron chi connectivity index (χ3n) is 2.61. The van der Waals surface area contributed by atoms with Crippen molar-refractivity contribution >= 4 is 8.41 Å². The molecule has 0 bridgehead atoms. The van der Waals surface area contributed by atoms with Crippen LogP contribution in [-0.4, -0.2) is 38.1 Å². The van der Waals surface area contributed by atoms with E-state index in [1.165, 1.54) is 6.42 Å². The van der Waals surface area contributed by atoms with E-state index in [0.29, 0.717) is 11.6 Å². The molecule has 105 valence electrons. The van der Waals surface area contributed by atoms with Crippen molar-refractivity contribution in [2.45, 2.75) is 66.5 Å². The van der Waals surface area contributed by atoms with E-state index in [-0.39, 0.29) is 8.41 Å². The molecule has 1 fully saturated rings. The lowest BCUT2D eigenvalue weighted by Crippen LogP contribution is -2.59. The molecule has 0 aromatic heterocycles. The fourth-order valence-corrected chi connectivity index (χ4v) is 1.97. The van der Waals surface area contributed by atoms with Gasteiger partial charge in [-0.3, -0.25) is 0 Å². The number of ether oxygens (including phenoxy) is 1. The molecule has 0 aromatic rings. The summed E-state index contributed by atoms with van der Waals surface area (Å²) in [6, 6.07) is 0.609. The van der Waals surface area contributed by atoms with Crippen LogP contribution < -0.4 is 0 Å². The Hall–Kier alpha value is -0.435. The lowest BCUT2D eigenvalue weighted by Gasteiger charge is -2.48. The van der Waals surface area contributed by atoms with Crippen molar-refractivity contribution in [3.63, 3.8) is 0 Å². The van der Waals surface area contributed by atoms with Gasteiger partial charge in [-0.25, -0.2) is 0 Å². The summed E-state index contributed by atoms with van der Waals surface area (Å²) in [6.45, 7) is 16.8. The van der Waals surface area contributed by atoms with Crippen LogP contribution in [0.5, 0.6) is 0 Å². The van der Waals surface area contributed by atoms with Crippen LogP contribution in [0.1, 0.15) is 54.9 Å². The fourth-order valence-electron chi connectivity index (χ4n) is 1.97. The van der Waals surface area contributed by atoms with Crippen LogP contribution in [0.2, 0.25) is 0 Å².